The van der Waals surface area contributed by atoms with Crippen LogP contribution in [0.1, 0.15) is 44.1 Å². The van der Waals surface area contributed by atoms with Gasteiger partial charge in [0.15, 0.2) is 0 Å². The van der Waals surface area contributed by atoms with Crippen LogP contribution in [0.25, 0.3) is 0 Å². The zero-order valence-corrected chi connectivity index (χ0v) is 10.9. The predicted octanol–water partition coefficient (Wildman–Crippen LogP) is 4.11. The van der Waals surface area contributed by atoms with Crippen LogP contribution < -0.4 is 5.32 Å². The van der Waals surface area contributed by atoms with Gasteiger partial charge in [-0.15, -0.1) is 0 Å². The molecule has 0 aromatic heterocycles. The average molecular weight is 256 g/mol. The molecule has 1 aliphatic carbocycles. The van der Waals surface area contributed by atoms with Crippen molar-refractivity contribution in [3.05, 3.63) is 34.6 Å². The van der Waals surface area contributed by atoms with Crippen LogP contribution in [0.3, 0.4) is 0 Å². The van der Waals surface area contributed by atoms with Crippen LogP contribution in [-0.4, -0.2) is 12.6 Å². The van der Waals surface area contributed by atoms with E-state index in [1.54, 1.807) is 6.07 Å². The SMILES string of the molecule is CCCNC1CCCC1c1ccc(Cl)cc1F. The van der Waals surface area contributed by atoms with Gasteiger partial charge in [-0.3, -0.25) is 0 Å². The van der Waals surface area contributed by atoms with Gasteiger partial charge < -0.3 is 5.32 Å². The summed E-state index contributed by atoms with van der Waals surface area (Å²) in [4.78, 5) is 0. The Hall–Kier alpha value is -0.600. The lowest BCUT2D eigenvalue weighted by atomic mass is 9.93. The maximum absolute atomic E-state index is 13.9. The fourth-order valence-corrected chi connectivity index (χ4v) is 2.87. The molecular weight excluding hydrogens is 237 g/mol. The summed E-state index contributed by atoms with van der Waals surface area (Å²) in [6.07, 6.45) is 4.51. The molecule has 0 amide bonds. The summed E-state index contributed by atoms with van der Waals surface area (Å²) in [5.41, 5.74) is 0.820. The summed E-state index contributed by atoms with van der Waals surface area (Å²) < 4.78 is 13.9. The molecule has 1 aromatic carbocycles. The van der Waals surface area contributed by atoms with Gasteiger partial charge in [0.1, 0.15) is 5.82 Å². The molecule has 0 saturated heterocycles. The van der Waals surface area contributed by atoms with Crippen LogP contribution in [0, 0.1) is 5.82 Å². The Morgan fingerprint density at radius 2 is 2.24 bits per heavy atom. The molecule has 2 unspecified atom stereocenters. The van der Waals surface area contributed by atoms with E-state index in [-0.39, 0.29) is 5.82 Å². The van der Waals surface area contributed by atoms with Crippen molar-refractivity contribution in [1.29, 1.82) is 0 Å². The molecule has 0 radical (unpaired) electrons. The molecule has 1 nitrogen and oxygen atoms in total. The van der Waals surface area contributed by atoms with E-state index in [9.17, 15) is 4.39 Å². The molecule has 3 heteroatoms. The Balaban J connectivity index is 2.14. The number of hydrogen-bond acceptors (Lipinski definition) is 1. The Kier molecular flexibility index (Phi) is 4.41. The third kappa shape index (κ3) is 2.99. The molecule has 1 N–H and O–H groups in total. The molecule has 0 spiro atoms. The zero-order valence-electron chi connectivity index (χ0n) is 10.2. The number of benzene rings is 1. The largest absolute Gasteiger partial charge is 0.313 e. The van der Waals surface area contributed by atoms with E-state index >= 15 is 0 Å². The first-order valence-corrected chi connectivity index (χ1v) is 6.78. The van der Waals surface area contributed by atoms with Crippen molar-refractivity contribution in [2.75, 3.05) is 6.54 Å². The summed E-state index contributed by atoms with van der Waals surface area (Å²) in [7, 11) is 0. The summed E-state index contributed by atoms with van der Waals surface area (Å²) in [5, 5.41) is 4.00. The number of hydrogen-bond donors (Lipinski definition) is 1. The first kappa shape index (κ1) is 12.8. The van der Waals surface area contributed by atoms with Gasteiger partial charge in [0.05, 0.1) is 0 Å². The highest BCUT2D eigenvalue weighted by Gasteiger charge is 2.29. The van der Waals surface area contributed by atoms with Crippen molar-refractivity contribution in [3.63, 3.8) is 0 Å². The molecule has 17 heavy (non-hydrogen) atoms. The number of nitrogens with one attached hydrogen (secondary N) is 1. The first-order valence-electron chi connectivity index (χ1n) is 6.40. The highest BCUT2D eigenvalue weighted by atomic mass is 35.5. The van der Waals surface area contributed by atoms with Gasteiger partial charge in [-0.25, -0.2) is 4.39 Å². The lowest BCUT2D eigenvalue weighted by Crippen LogP contribution is -2.32. The molecule has 2 rings (SSSR count). The van der Waals surface area contributed by atoms with Crippen molar-refractivity contribution in [3.8, 4) is 0 Å². The minimum absolute atomic E-state index is 0.160. The molecule has 1 aliphatic rings. The quantitative estimate of drug-likeness (QED) is 0.854. The predicted molar refractivity (Wildman–Crippen MR) is 70.1 cm³/mol. The van der Waals surface area contributed by atoms with E-state index in [4.69, 9.17) is 11.6 Å². The summed E-state index contributed by atoms with van der Waals surface area (Å²) >= 11 is 5.79. The van der Waals surface area contributed by atoms with Gasteiger partial charge in [-0.1, -0.05) is 31.0 Å². The maximum atomic E-state index is 13.9. The Morgan fingerprint density at radius 3 is 2.94 bits per heavy atom. The van der Waals surface area contributed by atoms with Gasteiger partial charge in [0.2, 0.25) is 0 Å². The van der Waals surface area contributed by atoms with Crippen LogP contribution >= 0.6 is 11.6 Å². The third-order valence-electron chi connectivity index (χ3n) is 3.53. The first-order chi connectivity index (χ1) is 8.22. The van der Waals surface area contributed by atoms with Crippen molar-refractivity contribution in [1.82, 2.24) is 5.32 Å². The smallest absolute Gasteiger partial charge is 0.128 e. The van der Waals surface area contributed by atoms with Gasteiger partial charge in [-0.05, 0) is 43.5 Å². The standard InChI is InChI=1S/C14H19ClFN/c1-2-8-17-14-5-3-4-12(14)11-7-6-10(15)9-13(11)16/h6-7,9,12,14,17H,2-5,8H2,1H3. The zero-order chi connectivity index (χ0) is 12.3. The number of halogens is 2. The second-order valence-corrected chi connectivity index (χ2v) is 5.20. The van der Waals surface area contributed by atoms with Crippen molar-refractivity contribution in [2.24, 2.45) is 0 Å². The normalized spacial score (nSPS) is 24.2. The Labute approximate surface area is 107 Å². The summed E-state index contributed by atoms with van der Waals surface area (Å²) in [6.45, 7) is 3.16. The highest BCUT2D eigenvalue weighted by molar-refractivity contribution is 6.30. The summed E-state index contributed by atoms with van der Waals surface area (Å²) in [6, 6.07) is 5.47. The molecular formula is C14H19ClFN. The highest BCUT2D eigenvalue weighted by Crippen LogP contribution is 2.36. The fraction of sp³-hybridized carbons (Fsp3) is 0.571. The molecule has 2 atom stereocenters. The van der Waals surface area contributed by atoms with Gasteiger partial charge >= 0.3 is 0 Å². The average Bonchev–Trinajstić information content (AvgIpc) is 2.74. The fourth-order valence-electron chi connectivity index (χ4n) is 2.71. The third-order valence-corrected chi connectivity index (χ3v) is 3.77. The van der Waals surface area contributed by atoms with Crippen LogP contribution in [0.15, 0.2) is 18.2 Å². The van der Waals surface area contributed by atoms with Gasteiger partial charge in [-0.2, -0.15) is 0 Å². The maximum Gasteiger partial charge on any atom is 0.128 e. The second kappa shape index (κ2) is 5.83. The van der Waals surface area contributed by atoms with E-state index in [1.165, 1.54) is 12.5 Å². The minimum Gasteiger partial charge on any atom is -0.313 e. The molecule has 1 saturated carbocycles. The van der Waals surface area contributed by atoms with Crippen molar-refractivity contribution >= 4 is 11.6 Å². The second-order valence-electron chi connectivity index (χ2n) is 4.76. The van der Waals surface area contributed by atoms with Gasteiger partial charge in [0, 0.05) is 17.0 Å². The molecule has 0 aliphatic heterocycles. The summed E-state index contributed by atoms with van der Waals surface area (Å²) in [5.74, 6) is 0.145. The van der Waals surface area contributed by atoms with Crippen LogP contribution in [0.4, 0.5) is 4.39 Å². The van der Waals surface area contributed by atoms with E-state index in [0.717, 1.165) is 31.4 Å². The Bertz CT molecular complexity index is 380. The lowest BCUT2D eigenvalue weighted by molar-refractivity contribution is 0.464. The molecule has 0 heterocycles. The van der Waals surface area contributed by atoms with Gasteiger partial charge in [0.25, 0.3) is 0 Å². The Morgan fingerprint density at radius 1 is 1.41 bits per heavy atom. The monoisotopic (exact) mass is 255 g/mol. The van der Waals surface area contributed by atoms with E-state index in [0.29, 0.717) is 17.0 Å². The van der Waals surface area contributed by atoms with Crippen LogP contribution in [-0.2, 0) is 0 Å². The van der Waals surface area contributed by atoms with Crippen LogP contribution in [0.5, 0.6) is 0 Å². The van der Waals surface area contributed by atoms with E-state index in [2.05, 4.69) is 12.2 Å². The minimum atomic E-state index is -0.160. The van der Waals surface area contributed by atoms with Crippen LogP contribution in [0.2, 0.25) is 5.02 Å². The molecule has 94 valence electrons. The van der Waals surface area contributed by atoms with Crippen molar-refractivity contribution < 1.29 is 4.39 Å². The molecule has 1 aromatic rings. The van der Waals surface area contributed by atoms with E-state index < -0.39 is 0 Å². The molecule has 1 fully saturated rings. The van der Waals surface area contributed by atoms with E-state index in [1.807, 2.05) is 6.07 Å². The van der Waals surface area contributed by atoms with Crippen molar-refractivity contribution in [2.45, 2.75) is 44.6 Å². The molecule has 0 bridgehead atoms. The number of rotatable bonds is 4. The topological polar surface area (TPSA) is 12.0 Å². The lowest BCUT2D eigenvalue weighted by Gasteiger charge is -2.21.